The van der Waals surface area contributed by atoms with Crippen LogP contribution in [0.25, 0.3) is 27.9 Å². The largest absolute Gasteiger partial charge is 0.493 e. The second-order valence-electron chi connectivity index (χ2n) is 7.56. The van der Waals surface area contributed by atoms with Crippen LogP contribution < -0.4 is 9.47 Å². The van der Waals surface area contributed by atoms with Crippen LogP contribution in [0.3, 0.4) is 0 Å². The lowest BCUT2D eigenvalue weighted by atomic mass is 10.2. The van der Waals surface area contributed by atoms with Crippen molar-refractivity contribution in [3.8, 4) is 11.5 Å². The second kappa shape index (κ2) is 9.53. The van der Waals surface area contributed by atoms with E-state index in [1.807, 2.05) is 24.3 Å². The predicted octanol–water partition coefficient (Wildman–Crippen LogP) is 7.09. The third-order valence-corrected chi connectivity index (χ3v) is 5.64. The van der Waals surface area contributed by atoms with Crippen molar-refractivity contribution in [3.63, 3.8) is 0 Å². The van der Waals surface area contributed by atoms with Gasteiger partial charge in [0.15, 0.2) is 11.5 Å². The van der Waals surface area contributed by atoms with Gasteiger partial charge in [-0.3, -0.25) is 0 Å². The highest BCUT2D eigenvalue weighted by Crippen LogP contribution is 2.30. The van der Waals surface area contributed by atoms with Crippen molar-refractivity contribution in [1.82, 2.24) is 4.57 Å². The number of hydrogen-bond acceptors (Lipinski definition) is 2. The van der Waals surface area contributed by atoms with E-state index in [2.05, 4.69) is 59.7 Å². The summed E-state index contributed by atoms with van der Waals surface area (Å²) in [7, 11) is 1.67. The molecule has 4 aromatic rings. The Kier molecular flexibility index (Phi) is 6.38. The maximum atomic E-state index is 5.93. The molecule has 0 aliphatic rings. The number of rotatable bonds is 10. The molecule has 1 aromatic heterocycles. The topological polar surface area (TPSA) is 23.4 Å². The molecule has 0 aliphatic heterocycles. The van der Waals surface area contributed by atoms with Crippen LogP contribution in [-0.2, 0) is 6.54 Å². The Balaban J connectivity index is 1.28. The number of hydrogen-bond donors (Lipinski definition) is 0. The van der Waals surface area contributed by atoms with E-state index in [1.54, 1.807) is 7.11 Å². The summed E-state index contributed by atoms with van der Waals surface area (Å²) in [6.45, 7) is 5.55. The van der Waals surface area contributed by atoms with Crippen LogP contribution in [0.1, 0.15) is 31.2 Å². The molecule has 3 nitrogen and oxygen atoms in total. The van der Waals surface area contributed by atoms with E-state index in [0.717, 1.165) is 36.4 Å². The fourth-order valence-corrected chi connectivity index (χ4v) is 4.08. The molecule has 3 aromatic carbocycles. The molecule has 30 heavy (non-hydrogen) atoms. The fourth-order valence-electron chi connectivity index (χ4n) is 4.08. The number of ether oxygens (including phenoxy) is 2. The Labute approximate surface area is 178 Å². The third-order valence-electron chi connectivity index (χ3n) is 5.64. The number of methoxy groups -OCH3 is 1. The van der Waals surface area contributed by atoms with Crippen LogP contribution in [0.15, 0.2) is 73.3 Å². The standard InChI is InChI=1S/C27H29NO2/c1-3-21-16-17-26(27(20-21)29-2)30-19-11-5-4-10-18-28-24-14-8-6-12-22(24)23-13-7-9-15-25(23)28/h3,6-9,12-17,20H,1,4-5,10-11,18-19H2,2H3. The summed E-state index contributed by atoms with van der Waals surface area (Å²) in [5, 5.41) is 2.69. The van der Waals surface area contributed by atoms with Crippen LogP contribution in [0, 0.1) is 0 Å². The zero-order valence-corrected chi connectivity index (χ0v) is 17.6. The van der Waals surface area contributed by atoms with Crippen LogP contribution in [-0.4, -0.2) is 18.3 Å². The quantitative estimate of drug-likeness (QED) is 0.266. The van der Waals surface area contributed by atoms with Gasteiger partial charge in [0.1, 0.15) is 0 Å². The summed E-state index contributed by atoms with van der Waals surface area (Å²) < 4.78 is 13.8. The van der Waals surface area contributed by atoms with Gasteiger partial charge >= 0.3 is 0 Å². The van der Waals surface area contributed by atoms with Crippen molar-refractivity contribution >= 4 is 27.9 Å². The first-order valence-electron chi connectivity index (χ1n) is 10.7. The van der Waals surface area contributed by atoms with Gasteiger partial charge < -0.3 is 14.0 Å². The number of nitrogens with zero attached hydrogens (tertiary/aromatic N) is 1. The average molecular weight is 400 g/mol. The minimum atomic E-state index is 0.708. The van der Waals surface area contributed by atoms with Gasteiger partial charge in [0.2, 0.25) is 0 Å². The van der Waals surface area contributed by atoms with E-state index in [4.69, 9.17) is 9.47 Å². The highest BCUT2D eigenvalue weighted by molar-refractivity contribution is 6.07. The minimum absolute atomic E-state index is 0.708. The Bertz CT molecular complexity index is 1090. The summed E-state index contributed by atoms with van der Waals surface area (Å²) in [6, 6.07) is 23.3. The number of fused-ring (bicyclic) bond motifs is 3. The first kappa shape index (κ1) is 20.1. The molecule has 0 radical (unpaired) electrons. The van der Waals surface area contributed by atoms with Crippen molar-refractivity contribution in [2.45, 2.75) is 32.2 Å². The van der Waals surface area contributed by atoms with Gasteiger partial charge in [-0.1, -0.05) is 68.0 Å². The summed E-state index contributed by atoms with van der Waals surface area (Å²) in [5.41, 5.74) is 3.69. The molecule has 0 bridgehead atoms. The first-order valence-corrected chi connectivity index (χ1v) is 10.7. The van der Waals surface area contributed by atoms with Gasteiger partial charge in [0.05, 0.1) is 13.7 Å². The van der Waals surface area contributed by atoms with Gasteiger partial charge in [0, 0.05) is 28.4 Å². The number of para-hydroxylation sites is 2. The molecule has 0 atom stereocenters. The zero-order valence-electron chi connectivity index (χ0n) is 17.6. The number of aryl methyl sites for hydroxylation is 1. The van der Waals surface area contributed by atoms with Gasteiger partial charge in [-0.2, -0.15) is 0 Å². The van der Waals surface area contributed by atoms with Crippen molar-refractivity contribution in [2.75, 3.05) is 13.7 Å². The lowest BCUT2D eigenvalue weighted by molar-refractivity contribution is 0.284. The Hall–Kier alpha value is -3.20. The van der Waals surface area contributed by atoms with Gasteiger partial charge in [-0.15, -0.1) is 0 Å². The molecule has 0 spiro atoms. The maximum Gasteiger partial charge on any atom is 0.161 e. The SMILES string of the molecule is C=Cc1ccc(OCCCCCCn2c3ccccc3c3ccccc32)c(OC)c1. The molecule has 0 unspecified atom stereocenters. The van der Waals surface area contributed by atoms with Crippen LogP contribution in [0.4, 0.5) is 0 Å². The van der Waals surface area contributed by atoms with Crippen LogP contribution in [0.2, 0.25) is 0 Å². The van der Waals surface area contributed by atoms with Gasteiger partial charge in [-0.25, -0.2) is 0 Å². The zero-order chi connectivity index (χ0) is 20.8. The Morgan fingerprint density at radius 3 is 2.13 bits per heavy atom. The molecular weight excluding hydrogens is 370 g/mol. The molecular formula is C27H29NO2. The molecule has 3 heteroatoms. The van der Waals surface area contributed by atoms with Crippen molar-refractivity contribution in [1.29, 1.82) is 0 Å². The minimum Gasteiger partial charge on any atom is -0.493 e. The summed E-state index contributed by atoms with van der Waals surface area (Å²) in [6.07, 6.45) is 6.37. The van der Waals surface area contributed by atoms with E-state index in [0.29, 0.717) is 6.61 Å². The molecule has 0 amide bonds. The number of aromatic nitrogens is 1. The summed E-state index contributed by atoms with van der Waals surface area (Å²) >= 11 is 0. The van der Waals surface area contributed by atoms with Crippen molar-refractivity contribution in [2.24, 2.45) is 0 Å². The fraction of sp³-hybridized carbons (Fsp3) is 0.259. The molecule has 0 fully saturated rings. The molecule has 4 rings (SSSR count). The molecule has 154 valence electrons. The second-order valence-corrected chi connectivity index (χ2v) is 7.56. The van der Waals surface area contributed by atoms with E-state index in [1.165, 1.54) is 34.6 Å². The Morgan fingerprint density at radius 2 is 1.47 bits per heavy atom. The highest BCUT2D eigenvalue weighted by Gasteiger charge is 2.09. The molecule has 0 saturated heterocycles. The molecule has 0 aliphatic carbocycles. The number of benzene rings is 3. The monoisotopic (exact) mass is 399 g/mol. The lowest BCUT2D eigenvalue weighted by Gasteiger charge is -2.11. The number of unbranched alkanes of at least 4 members (excludes halogenated alkanes) is 3. The normalized spacial score (nSPS) is 11.1. The van der Waals surface area contributed by atoms with E-state index < -0.39 is 0 Å². The van der Waals surface area contributed by atoms with Crippen LogP contribution >= 0.6 is 0 Å². The summed E-state index contributed by atoms with van der Waals surface area (Å²) in [4.78, 5) is 0. The van der Waals surface area contributed by atoms with E-state index in [-0.39, 0.29) is 0 Å². The first-order chi connectivity index (χ1) is 14.8. The maximum absolute atomic E-state index is 5.93. The molecule has 1 heterocycles. The van der Waals surface area contributed by atoms with Crippen molar-refractivity contribution in [3.05, 3.63) is 78.9 Å². The molecule has 0 saturated carbocycles. The smallest absolute Gasteiger partial charge is 0.161 e. The molecule has 0 N–H and O–H groups in total. The summed E-state index contributed by atoms with van der Waals surface area (Å²) in [5.74, 6) is 1.56. The highest BCUT2D eigenvalue weighted by atomic mass is 16.5. The lowest BCUT2D eigenvalue weighted by Crippen LogP contribution is -2.01. The van der Waals surface area contributed by atoms with Gasteiger partial charge in [-0.05, 0) is 42.7 Å². The predicted molar refractivity (Wildman–Crippen MR) is 126 cm³/mol. The van der Waals surface area contributed by atoms with E-state index in [9.17, 15) is 0 Å². The van der Waals surface area contributed by atoms with Crippen LogP contribution in [0.5, 0.6) is 11.5 Å². The van der Waals surface area contributed by atoms with E-state index >= 15 is 0 Å². The van der Waals surface area contributed by atoms with Gasteiger partial charge in [0.25, 0.3) is 0 Å². The third kappa shape index (κ3) is 4.20. The van der Waals surface area contributed by atoms with Crippen molar-refractivity contribution < 1.29 is 9.47 Å². The Morgan fingerprint density at radius 1 is 0.800 bits per heavy atom. The average Bonchev–Trinajstić information content (AvgIpc) is 3.12.